The van der Waals surface area contributed by atoms with Crippen LogP contribution in [-0.4, -0.2) is 30.3 Å². The fourth-order valence-corrected chi connectivity index (χ4v) is 2.46. The monoisotopic (exact) mass is 350 g/mol. The van der Waals surface area contributed by atoms with E-state index in [4.69, 9.17) is 10.3 Å². The molecule has 0 saturated carbocycles. The maximum absolute atomic E-state index is 5.91. The van der Waals surface area contributed by atoms with E-state index in [-0.39, 0.29) is 5.41 Å². The fraction of sp³-hybridized carbons (Fsp3) is 0.235. The first-order valence-electron chi connectivity index (χ1n) is 8.08. The van der Waals surface area contributed by atoms with Gasteiger partial charge in [-0.3, -0.25) is 5.10 Å². The zero-order valence-electron chi connectivity index (χ0n) is 14.6. The Hall–Kier alpha value is -3.49. The first-order valence-corrected chi connectivity index (χ1v) is 8.08. The number of H-pyrrole nitrogens is 1. The Kier molecular flexibility index (Phi) is 3.57. The molecule has 1 aromatic carbocycles. The smallest absolute Gasteiger partial charge is 0.257 e. The molecular weight excluding hydrogens is 332 g/mol. The molecule has 0 spiro atoms. The minimum Gasteiger partial charge on any atom is -0.383 e. The van der Waals surface area contributed by atoms with Gasteiger partial charge in [0, 0.05) is 16.7 Å². The van der Waals surface area contributed by atoms with E-state index in [1.807, 2.05) is 45.0 Å². The van der Waals surface area contributed by atoms with Crippen molar-refractivity contribution in [1.82, 2.24) is 30.3 Å². The predicted molar refractivity (Wildman–Crippen MR) is 97.8 cm³/mol. The average Bonchev–Trinajstić information content (AvgIpc) is 3.24. The molecule has 4 N–H and O–H groups in total. The molecule has 0 aliphatic heterocycles. The average molecular weight is 350 g/mol. The number of nitrogens with zero attached hydrogens (tertiary/aromatic N) is 5. The summed E-state index contributed by atoms with van der Waals surface area (Å²) < 4.78 is 5.37. The van der Waals surface area contributed by atoms with Crippen molar-refractivity contribution in [2.24, 2.45) is 0 Å². The number of hydrogen-bond donors (Lipinski definition) is 3. The molecule has 9 nitrogen and oxygen atoms in total. The molecule has 0 saturated heterocycles. The molecule has 0 amide bonds. The number of fused-ring (bicyclic) bond motifs is 1. The molecule has 9 heteroatoms. The number of nitrogens with one attached hydrogen (secondary N) is 2. The summed E-state index contributed by atoms with van der Waals surface area (Å²) in [4.78, 5) is 12.5. The van der Waals surface area contributed by atoms with E-state index in [0.29, 0.717) is 34.4 Å². The largest absolute Gasteiger partial charge is 0.383 e. The molecule has 0 aliphatic carbocycles. The SMILES string of the molecule is CC(C)(C)c1noc(-c2ccc(Nc3[nH]nc4ncnc(N)c34)cc2)n1. The Morgan fingerprint density at radius 1 is 1.12 bits per heavy atom. The van der Waals surface area contributed by atoms with Crippen LogP contribution < -0.4 is 11.1 Å². The van der Waals surface area contributed by atoms with Gasteiger partial charge in [0.1, 0.15) is 23.3 Å². The van der Waals surface area contributed by atoms with Gasteiger partial charge in [-0.15, -0.1) is 0 Å². The second-order valence-electron chi connectivity index (χ2n) is 6.93. The minimum absolute atomic E-state index is 0.160. The summed E-state index contributed by atoms with van der Waals surface area (Å²) in [5.41, 5.74) is 7.95. The zero-order valence-corrected chi connectivity index (χ0v) is 14.6. The van der Waals surface area contributed by atoms with Gasteiger partial charge in [-0.2, -0.15) is 10.1 Å². The van der Waals surface area contributed by atoms with Crippen LogP contribution in [0.5, 0.6) is 0 Å². The van der Waals surface area contributed by atoms with E-state index in [0.717, 1.165) is 11.3 Å². The van der Waals surface area contributed by atoms with Crippen molar-refractivity contribution in [3.63, 3.8) is 0 Å². The van der Waals surface area contributed by atoms with Gasteiger partial charge >= 0.3 is 0 Å². The lowest BCUT2D eigenvalue weighted by Gasteiger charge is -2.10. The molecule has 0 atom stereocenters. The van der Waals surface area contributed by atoms with E-state index in [9.17, 15) is 0 Å². The highest BCUT2D eigenvalue weighted by Crippen LogP contribution is 2.28. The van der Waals surface area contributed by atoms with Crippen molar-refractivity contribution in [1.29, 1.82) is 0 Å². The van der Waals surface area contributed by atoms with Gasteiger partial charge in [0.25, 0.3) is 5.89 Å². The van der Waals surface area contributed by atoms with Crippen molar-refractivity contribution in [3.8, 4) is 11.5 Å². The quantitative estimate of drug-likeness (QED) is 0.514. The topological polar surface area (TPSA) is 131 Å². The Labute approximate surface area is 149 Å². The third kappa shape index (κ3) is 2.83. The highest BCUT2D eigenvalue weighted by Gasteiger charge is 2.21. The first kappa shape index (κ1) is 16.0. The standard InChI is InChI=1S/C17H18N8O/c1-17(2,3)16-22-15(26-25-16)9-4-6-10(7-5-9)21-14-11-12(18)19-8-20-13(11)23-24-14/h4-8H,1-3H3,(H4,18,19,20,21,23,24). The first-order chi connectivity index (χ1) is 12.4. The van der Waals surface area contributed by atoms with Crippen LogP contribution in [0.1, 0.15) is 26.6 Å². The number of rotatable bonds is 3. The molecule has 0 radical (unpaired) electrons. The van der Waals surface area contributed by atoms with Crippen molar-refractivity contribution in [2.75, 3.05) is 11.1 Å². The molecule has 0 unspecified atom stereocenters. The second kappa shape index (κ2) is 5.80. The van der Waals surface area contributed by atoms with E-state index in [1.54, 1.807) is 0 Å². The van der Waals surface area contributed by atoms with Gasteiger partial charge in [-0.1, -0.05) is 25.9 Å². The molecule has 4 aromatic rings. The highest BCUT2D eigenvalue weighted by molar-refractivity contribution is 5.96. The number of hydrogen-bond acceptors (Lipinski definition) is 8. The van der Waals surface area contributed by atoms with Crippen LogP contribution in [0.15, 0.2) is 35.1 Å². The van der Waals surface area contributed by atoms with Crippen molar-refractivity contribution in [2.45, 2.75) is 26.2 Å². The van der Waals surface area contributed by atoms with Gasteiger partial charge in [0.2, 0.25) is 0 Å². The maximum Gasteiger partial charge on any atom is 0.257 e. The van der Waals surface area contributed by atoms with Crippen molar-refractivity contribution >= 4 is 28.4 Å². The fourth-order valence-electron chi connectivity index (χ4n) is 2.46. The normalized spacial score (nSPS) is 11.8. The molecule has 3 heterocycles. The summed E-state index contributed by atoms with van der Waals surface area (Å²) in [6.45, 7) is 6.12. The summed E-state index contributed by atoms with van der Waals surface area (Å²) in [6, 6.07) is 7.62. The summed E-state index contributed by atoms with van der Waals surface area (Å²) in [5.74, 6) is 2.17. The third-order valence-electron chi connectivity index (χ3n) is 3.88. The number of aromatic amines is 1. The van der Waals surface area contributed by atoms with Gasteiger partial charge in [-0.25, -0.2) is 9.97 Å². The van der Waals surface area contributed by atoms with Crippen molar-refractivity contribution in [3.05, 3.63) is 36.4 Å². The van der Waals surface area contributed by atoms with Crippen LogP contribution in [0.25, 0.3) is 22.5 Å². The molecule has 4 rings (SSSR count). The van der Waals surface area contributed by atoms with Crippen LogP contribution in [0.2, 0.25) is 0 Å². The molecule has 0 fully saturated rings. The predicted octanol–water partition coefficient (Wildman–Crippen LogP) is 3.03. The summed E-state index contributed by atoms with van der Waals surface area (Å²) >= 11 is 0. The summed E-state index contributed by atoms with van der Waals surface area (Å²) in [6.07, 6.45) is 1.38. The minimum atomic E-state index is -0.160. The number of anilines is 3. The molecule has 0 aliphatic rings. The van der Waals surface area contributed by atoms with Crippen LogP contribution in [0.3, 0.4) is 0 Å². The Morgan fingerprint density at radius 2 is 1.88 bits per heavy atom. The van der Waals surface area contributed by atoms with Crippen LogP contribution >= 0.6 is 0 Å². The third-order valence-corrected chi connectivity index (χ3v) is 3.88. The van der Waals surface area contributed by atoms with Gasteiger partial charge in [0.05, 0.1) is 0 Å². The maximum atomic E-state index is 5.91. The summed E-state index contributed by atoms with van der Waals surface area (Å²) in [7, 11) is 0. The number of nitrogens with two attached hydrogens (primary N) is 1. The molecule has 0 bridgehead atoms. The second-order valence-corrected chi connectivity index (χ2v) is 6.93. The summed E-state index contributed by atoms with van der Waals surface area (Å²) in [5, 5.41) is 14.9. The molecular formula is C17H18N8O. The Morgan fingerprint density at radius 3 is 2.58 bits per heavy atom. The lowest BCUT2D eigenvalue weighted by atomic mass is 9.96. The Balaban J connectivity index is 1.59. The molecule has 26 heavy (non-hydrogen) atoms. The highest BCUT2D eigenvalue weighted by atomic mass is 16.5. The number of nitrogen functional groups attached to an aromatic ring is 1. The van der Waals surface area contributed by atoms with E-state index >= 15 is 0 Å². The Bertz CT molecular complexity index is 1060. The van der Waals surface area contributed by atoms with Crippen LogP contribution in [0.4, 0.5) is 17.3 Å². The lowest BCUT2D eigenvalue weighted by Crippen LogP contribution is -2.13. The van der Waals surface area contributed by atoms with Gasteiger partial charge < -0.3 is 15.6 Å². The molecule has 3 aromatic heterocycles. The van der Waals surface area contributed by atoms with Crippen LogP contribution in [-0.2, 0) is 5.41 Å². The zero-order chi connectivity index (χ0) is 18.3. The van der Waals surface area contributed by atoms with Gasteiger partial charge in [-0.05, 0) is 24.3 Å². The van der Waals surface area contributed by atoms with E-state index in [2.05, 4.69) is 35.6 Å². The van der Waals surface area contributed by atoms with E-state index in [1.165, 1.54) is 6.33 Å². The number of aromatic nitrogens is 6. The van der Waals surface area contributed by atoms with Gasteiger partial charge in [0.15, 0.2) is 11.5 Å². The lowest BCUT2D eigenvalue weighted by molar-refractivity contribution is 0.402. The molecule has 132 valence electrons. The van der Waals surface area contributed by atoms with E-state index < -0.39 is 0 Å². The van der Waals surface area contributed by atoms with Crippen LogP contribution in [0, 0.1) is 0 Å². The van der Waals surface area contributed by atoms with Crippen molar-refractivity contribution < 1.29 is 4.52 Å². The number of benzene rings is 1.